The van der Waals surface area contributed by atoms with E-state index in [1.807, 2.05) is 49.8 Å². The second-order valence-electron chi connectivity index (χ2n) is 8.55. The molecule has 4 aromatic rings. The molecule has 0 N–H and O–H groups in total. The van der Waals surface area contributed by atoms with Gasteiger partial charge < -0.3 is 4.90 Å². The summed E-state index contributed by atoms with van der Waals surface area (Å²) in [5.41, 5.74) is 4.10. The highest BCUT2D eigenvalue weighted by Gasteiger charge is 2.40. The largest absolute Gasteiger partial charge is 0.342 e. The van der Waals surface area contributed by atoms with Crippen molar-refractivity contribution >= 4 is 5.82 Å². The lowest BCUT2D eigenvalue weighted by Crippen LogP contribution is -2.46. The summed E-state index contributed by atoms with van der Waals surface area (Å²) in [5, 5.41) is 8.93. The van der Waals surface area contributed by atoms with Crippen molar-refractivity contribution in [3.8, 4) is 28.2 Å². The number of anilines is 1. The van der Waals surface area contributed by atoms with Crippen LogP contribution in [0.1, 0.15) is 50.3 Å². The Hall–Kier alpha value is -3.61. The van der Waals surface area contributed by atoms with Gasteiger partial charge in [0.1, 0.15) is 11.5 Å². The van der Waals surface area contributed by atoms with E-state index >= 15 is 0 Å². The topological polar surface area (TPSA) is 72.6 Å². The van der Waals surface area contributed by atoms with E-state index in [4.69, 9.17) is 9.97 Å². The van der Waals surface area contributed by atoms with E-state index in [1.165, 1.54) is 19.3 Å². The van der Waals surface area contributed by atoms with Crippen LogP contribution in [-0.2, 0) is 0 Å². The van der Waals surface area contributed by atoms with Crippen molar-refractivity contribution in [3.05, 3.63) is 66.6 Å². The Balaban J connectivity index is 1.55. The van der Waals surface area contributed by atoms with E-state index in [-0.39, 0.29) is 6.04 Å². The molecular formula is C25H25N7. The van der Waals surface area contributed by atoms with E-state index in [1.54, 1.807) is 0 Å². The maximum absolute atomic E-state index is 5.18. The molecule has 1 atom stereocenters. The first-order chi connectivity index (χ1) is 15.8. The van der Waals surface area contributed by atoms with Gasteiger partial charge in [0.05, 0.1) is 12.2 Å². The van der Waals surface area contributed by atoms with Crippen molar-refractivity contribution in [1.82, 2.24) is 29.7 Å². The van der Waals surface area contributed by atoms with E-state index in [2.05, 4.69) is 43.7 Å². The van der Waals surface area contributed by atoms with E-state index < -0.39 is 0 Å². The number of hydrogen-bond acceptors (Lipinski definition) is 6. The minimum absolute atomic E-state index is 0.169. The lowest BCUT2D eigenvalue weighted by molar-refractivity contribution is 0.341. The van der Waals surface area contributed by atoms with Crippen LogP contribution in [0.25, 0.3) is 28.2 Å². The van der Waals surface area contributed by atoms with Gasteiger partial charge in [-0.25, -0.2) is 9.97 Å². The molecule has 1 aliphatic carbocycles. The Labute approximate surface area is 187 Å². The van der Waals surface area contributed by atoms with Gasteiger partial charge in [0.15, 0.2) is 17.5 Å². The molecule has 4 heterocycles. The molecule has 0 bridgehead atoms. The summed E-state index contributed by atoms with van der Waals surface area (Å²) in [6, 6.07) is 13.0. The first kappa shape index (κ1) is 19.1. The normalized spacial score (nSPS) is 17.6. The average Bonchev–Trinajstić information content (AvgIpc) is 3.20. The number of aromatic nitrogens is 6. The van der Waals surface area contributed by atoms with Crippen molar-refractivity contribution in [1.29, 1.82) is 0 Å². The molecule has 0 spiro atoms. The zero-order valence-corrected chi connectivity index (χ0v) is 18.3. The van der Waals surface area contributed by atoms with Crippen LogP contribution < -0.4 is 4.90 Å². The monoisotopic (exact) mass is 423 g/mol. The minimum Gasteiger partial charge on any atom is -0.342 e. The Morgan fingerprint density at radius 3 is 2.59 bits per heavy atom. The van der Waals surface area contributed by atoms with Crippen LogP contribution in [-0.4, -0.2) is 35.8 Å². The van der Waals surface area contributed by atoms with Crippen LogP contribution in [0, 0.1) is 6.92 Å². The van der Waals surface area contributed by atoms with Gasteiger partial charge in [0.2, 0.25) is 0 Å². The third kappa shape index (κ3) is 2.84. The maximum atomic E-state index is 5.18. The molecule has 0 radical (unpaired) electrons. The highest BCUT2D eigenvalue weighted by atomic mass is 15.4. The van der Waals surface area contributed by atoms with Gasteiger partial charge in [0.25, 0.3) is 0 Å². The first-order valence-corrected chi connectivity index (χ1v) is 11.3. The average molecular weight is 424 g/mol. The quantitative estimate of drug-likeness (QED) is 0.464. The molecule has 7 heteroatoms. The summed E-state index contributed by atoms with van der Waals surface area (Å²) < 4.78 is 2.13. The molecule has 160 valence electrons. The Morgan fingerprint density at radius 2 is 1.84 bits per heavy atom. The zero-order valence-electron chi connectivity index (χ0n) is 18.3. The summed E-state index contributed by atoms with van der Waals surface area (Å²) in [7, 11) is 0. The SMILES string of the molecule is CCC1c2nnc(C)n2-c2cnc(-c3ccncc3-c3ccccc3)nc2N1C1CCC1. The number of rotatable bonds is 4. The van der Waals surface area contributed by atoms with Crippen molar-refractivity contribution in [3.63, 3.8) is 0 Å². The number of benzene rings is 1. The molecule has 1 aromatic carbocycles. The Bertz CT molecular complexity index is 1280. The zero-order chi connectivity index (χ0) is 21.7. The molecule has 0 amide bonds. The lowest BCUT2D eigenvalue weighted by atomic mass is 9.89. The maximum Gasteiger partial charge on any atom is 0.162 e. The van der Waals surface area contributed by atoms with Gasteiger partial charge in [-0.2, -0.15) is 0 Å². The van der Waals surface area contributed by atoms with Gasteiger partial charge in [-0.1, -0.05) is 37.3 Å². The second kappa shape index (κ2) is 7.51. The van der Waals surface area contributed by atoms with Gasteiger partial charge in [-0.3, -0.25) is 9.55 Å². The van der Waals surface area contributed by atoms with Crippen molar-refractivity contribution in [2.75, 3.05) is 4.90 Å². The van der Waals surface area contributed by atoms with Crippen LogP contribution in [0.2, 0.25) is 0 Å². The molecule has 1 unspecified atom stereocenters. The lowest BCUT2D eigenvalue weighted by Gasteiger charge is -2.45. The first-order valence-electron chi connectivity index (χ1n) is 11.3. The van der Waals surface area contributed by atoms with Crippen LogP contribution in [0.4, 0.5) is 5.82 Å². The highest BCUT2D eigenvalue weighted by molar-refractivity contribution is 5.80. The number of nitrogens with zero attached hydrogens (tertiary/aromatic N) is 7. The Morgan fingerprint density at radius 1 is 1.00 bits per heavy atom. The molecule has 7 nitrogen and oxygen atoms in total. The van der Waals surface area contributed by atoms with Gasteiger partial charge >= 0.3 is 0 Å². The van der Waals surface area contributed by atoms with E-state index in [0.29, 0.717) is 6.04 Å². The van der Waals surface area contributed by atoms with Gasteiger partial charge in [-0.05, 0) is 44.2 Å². The fraction of sp³-hybridized carbons (Fsp3) is 0.320. The Kier molecular flexibility index (Phi) is 4.48. The molecule has 1 saturated carbocycles. The predicted molar refractivity (Wildman–Crippen MR) is 124 cm³/mol. The third-order valence-corrected chi connectivity index (χ3v) is 6.72. The molecular weight excluding hydrogens is 398 g/mol. The summed E-state index contributed by atoms with van der Waals surface area (Å²) in [5.74, 6) is 3.57. The molecule has 1 fully saturated rings. The number of fused-ring (bicyclic) bond motifs is 3. The van der Waals surface area contributed by atoms with Gasteiger partial charge in [-0.15, -0.1) is 10.2 Å². The van der Waals surface area contributed by atoms with Crippen molar-refractivity contribution < 1.29 is 0 Å². The molecule has 1 aliphatic heterocycles. The smallest absolute Gasteiger partial charge is 0.162 e. The molecule has 0 saturated heterocycles. The number of aryl methyl sites for hydroxylation is 1. The predicted octanol–water partition coefficient (Wildman–Crippen LogP) is 4.92. The summed E-state index contributed by atoms with van der Waals surface area (Å²) in [6.07, 6.45) is 10.2. The standard InChI is InChI=1S/C25H25N7/c1-3-21-25-30-29-16(2)31(25)22-15-27-23(28-24(22)32(21)18-10-7-11-18)19-12-13-26-14-20(19)17-8-5-4-6-9-17/h4-6,8-9,12-15,18,21H,3,7,10-11H2,1-2H3. The van der Waals surface area contributed by atoms with Gasteiger partial charge in [0, 0.05) is 29.6 Å². The van der Waals surface area contributed by atoms with Crippen LogP contribution in [0.15, 0.2) is 55.0 Å². The van der Waals surface area contributed by atoms with Crippen LogP contribution in [0.5, 0.6) is 0 Å². The van der Waals surface area contributed by atoms with E-state index in [9.17, 15) is 0 Å². The third-order valence-electron chi connectivity index (χ3n) is 6.72. The molecule has 2 aliphatic rings. The fourth-order valence-electron chi connectivity index (χ4n) is 4.92. The highest BCUT2D eigenvalue weighted by Crippen LogP contribution is 2.44. The summed E-state index contributed by atoms with van der Waals surface area (Å²) in [4.78, 5) is 16.9. The van der Waals surface area contributed by atoms with Crippen molar-refractivity contribution in [2.45, 2.75) is 51.6 Å². The number of pyridine rings is 1. The van der Waals surface area contributed by atoms with Crippen molar-refractivity contribution in [2.24, 2.45) is 0 Å². The molecule has 6 rings (SSSR count). The second-order valence-corrected chi connectivity index (χ2v) is 8.55. The summed E-state index contributed by atoms with van der Waals surface area (Å²) >= 11 is 0. The summed E-state index contributed by atoms with van der Waals surface area (Å²) in [6.45, 7) is 4.21. The molecule has 32 heavy (non-hydrogen) atoms. The number of hydrogen-bond donors (Lipinski definition) is 0. The fourth-order valence-corrected chi connectivity index (χ4v) is 4.92. The minimum atomic E-state index is 0.169. The van der Waals surface area contributed by atoms with Crippen LogP contribution >= 0.6 is 0 Å². The van der Waals surface area contributed by atoms with Crippen LogP contribution in [0.3, 0.4) is 0 Å². The molecule has 3 aromatic heterocycles. The van der Waals surface area contributed by atoms with E-state index in [0.717, 1.165) is 52.1 Å².